The van der Waals surface area contributed by atoms with Crippen molar-refractivity contribution in [3.05, 3.63) is 52.3 Å². The quantitative estimate of drug-likeness (QED) is 0.886. The average molecular weight is 285 g/mol. The lowest BCUT2D eigenvalue weighted by molar-refractivity contribution is 0.267. The summed E-state index contributed by atoms with van der Waals surface area (Å²) in [5, 5.41) is 17.3. The number of aryl methyl sites for hydroxylation is 2. The molecule has 1 aromatic heterocycles. The standard InChI is InChI=1S/C17H23N3O/c1-12-16(13(2)20(19-12)9-10-21)11-18-17-8-7-14-5-3-4-6-15(14)17/h3-6,17-18,21H,7-11H2,1-2H3/t17-/m1/s1. The lowest BCUT2D eigenvalue weighted by Crippen LogP contribution is -2.19. The van der Waals surface area contributed by atoms with Gasteiger partial charge in [-0.1, -0.05) is 24.3 Å². The van der Waals surface area contributed by atoms with Gasteiger partial charge in [0.15, 0.2) is 0 Å². The zero-order valence-corrected chi connectivity index (χ0v) is 12.8. The van der Waals surface area contributed by atoms with Crippen LogP contribution in [0.2, 0.25) is 0 Å². The molecular weight excluding hydrogens is 262 g/mol. The Kier molecular flexibility index (Phi) is 4.08. The molecule has 1 aliphatic carbocycles. The second-order valence-electron chi connectivity index (χ2n) is 5.77. The molecule has 0 spiro atoms. The fraction of sp³-hybridized carbons (Fsp3) is 0.471. The van der Waals surface area contributed by atoms with E-state index in [4.69, 9.17) is 5.11 Å². The van der Waals surface area contributed by atoms with Crippen molar-refractivity contribution in [3.63, 3.8) is 0 Å². The monoisotopic (exact) mass is 285 g/mol. The fourth-order valence-electron chi connectivity index (χ4n) is 3.30. The summed E-state index contributed by atoms with van der Waals surface area (Å²) in [7, 11) is 0. The topological polar surface area (TPSA) is 50.1 Å². The van der Waals surface area contributed by atoms with E-state index in [0.717, 1.165) is 24.4 Å². The third kappa shape index (κ3) is 2.74. The van der Waals surface area contributed by atoms with E-state index in [2.05, 4.69) is 41.6 Å². The Morgan fingerprint density at radius 1 is 1.33 bits per heavy atom. The number of nitrogens with one attached hydrogen (secondary N) is 1. The molecule has 4 nitrogen and oxygen atoms in total. The van der Waals surface area contributed by atoms with Gasteiger partial charge in [0.1, 0.15) is 0 Å². The van der Waals surface area contributed by atoms with E-state index in [9.17, 15) is 0 Å². The second-order valence-corrected chi connectivity index (χ2v) is 5.77. The minimum absolute atomic E-state index is 0.130. The van der Waals surface area contributed by atoms with Crippen LogP contribution in [0.25, 0.3) is 0 Å². The van der Waals surface area contributed by atoms with Crippen LogP contribution in [-0.4, -0.2) is 21.5 Å². The maximum absolute atomic E-state index is 9.08. The van der Waals surface area contributed by atoms with Crippen LogP contribution in [0.5, 0.6) is 0 Å². The first-order chi connectivity index (χ1) is 10.2. The van der Waals surface area contributed by atoms with Gasteiger partial charge in [-0.25, -0.2) is 0 Å². The van der Waals surface area contributed by atoms with Gasteiger partial charge in [-0.15, -0.1) is 0 Å². The first-order valence-corrected chi connectivity index (χ1v) is 7.65. The molecule has 1 aromatic carbocycles. The van der Waals surface area contributed by atoms with Crippen molar-refractivity contribution in [1.82, 2.24) is 15.1 Å². The maximum Gasteiger partial charge on any atom is 0.0644 e. The lowest BCUT2D eigenvalue weighted by Gasteiger charge is -2.14. The number of aliphatic hydroxyl groups is 1. The van der Waals surface area contributed by atoms with E-state index in [-0.39, 0.29) is 6.61 Å². The van der Waals surface area contributed by atoms with E-state index < -0.39 is 0 Å². The lowest BCUT2D eigenvalue weighted by atomic mass is 10.1. The molecule has 0 saturated heterocycles. The van der Waals surface area contributed by atoms with Crippen LogP contribution in [0, 0.1) is 13.8 Å². The van der Waals surface area contributed by atoms with Crippen LogP contribution in [0.4, 0.5) is 0 Å². The highest BCUT2D eigenvalue weighted by atomic mass is 16.3. The van der Waals surface area contributed by atoms with Crippen molar-refractivity contribution in [3.8, 4) is 0 Å². The fourth-order valence-corrected chi connectivity index (χ4v) is 3.30. The Morgan fingerprint density at radius 3 is 2.95 bits per heavy atom. The van der Waals surface area contributed by atoms with Gasteiger partial charge in [0, 0.05) is 23.8 Å². The van der Waals surface area contributed by atoms with Gasteiger partial charge in [0.25, 0.3) is 0 Å². The van der Waals surface area contributed by atoms with Crippen molar-refractivity contribution >= 4 is 0 Å². The third-order valence-corrected chi connectivity index (χ3v) is 4.50. The first kappa shape index (κ1) is 14.3. The molecule has 4 heteroatoms. The highest BCUT2D eigenvalue weighted by Crippen LogP contribution is 2.31. The van der Waals surface area contributed by atoms with Gasteiger partial charge in [0.2, 0.25) is 0 Å². The zero-order chi connectivity index (χ0) is 14.8. The molecule has 112 valence electrons. The Labute approximate surface area is 125 Å². The molecule has 0 saturated carbocycles. The van der Waals surface area contributed by atoms with Crippen molar-refractivity contribution in [2.75, 3.05) is 6.61 Å². The highest BCUT2D eigenvalue weighted by molar-refractivity contribution is 5.34. The molecule has 1 aliphatic rings. The van der Waals surface area contributed by atoms with Crippen LogP contribution in [0.1, 0.15) is 40.5 Å². The summed E-state index contributed by atoms with van der Waals surface area (Å²) in [6.07, 6.45) is 2.33. The van der Waals surface area contributed by atoms with Crippen molar-refractivity contribution in [2.24, 2.45) is 0 Å². The van der Waals surface area contributed by atoms with Gasteiger partial charge in [-0.05, 0) is 37.8 Å². The number of aliphatic hydroxyl groups excluding tert-OH is 1. The Bertz CT molecular complexity index is 633. The van der Waals surface area contributed by atoms with E-state index in [1.807, 2.05) is 11.6 Å². The van der Waals surface area contributed by atoms with Gasteiger partial charge >= 0.3 is 0 Å². The maximum atomic E-state index is 9.08. The largest absolute Gasteiger partial charge is 0.394 e. The Balaban J connectivity index is 1.72. The molecule has 1 heterocycles. The molecule has 0 bridgehead atoms. The molecule has 0 amide bonds. The van der Waals surface area contributed by atoms with Crippen LogP contribution < -0.4 is 5.32 Å². The van der Waals surface area contributed by atoms with E-state index in [1.165, 1.54) is 23.1 Å². The number of hydrogen-bond acceptors (Lipinski definition) is 3. The smallest absolute Gasteiger partial charge is 0.0644 e. The van der Waals surface area contributed by atoms with E-state index in [0.29, 0.717) is 12.6 Å². The minimum Gasteiger partial charge on any atom is -0.394 e. The molecule has 0 fully saturated rings. The summed E-state index contributed by atoms with van der Waals surface area (Å²) in [6.45, 7) is 5.65. The summed E-state index contributed by atoms with van der Waals surface area (Å²) < 4.78 is 1.90. The summed E-state index contributed by atoms with van der Waals surface area (Å²) in [5.41, 5.74) is 6.38. The molecule has 21 heavy (non-hydrogen) atoms. The molecular formula is C17H23N3O. The minimum atomic E-state index is 0.130. The summed E-state index contributed by atoms with van der Waals surface area (Å²) >= 11 is 0. The number of rotatable bonds is 5. The third-order valence-electron chi connectivity index (χ3n) is 4.50. The summed E-state index contributed by atoms with van der Waals surface area (Å²) in [5.74, 6) is 0. The molecule has 0 aliphatic heterocycles. The van der Waals surface area contributed by atoms with Gasteiger partial charge in [0.05, 0.1) is 18.8 Å². The first-order valence-electron chi connectivity index (χ1n) is 7.65. The van der Waals surface area contributed by atoms with Crippen LogP contribution in [0.3, 0.4) is 0 Å². The predicted molar refractivity (Wildman–Crippen MR) is 83.1 cm³/mol. The van der Waals surface area contributed by atoms with Crippen LogP contribution in [0.15, 0.2) is 24.3 Å². The summed E-state index contributed by atoms with van der Waals surface area (Å²) in [6, 6.07) is 9.14. The zero-order valence-electron chi connectivity index (χ0n) is 12.8. The predicted octanol–water partition coefficient (Wildman–Crippen LogP) is 2.27. The van der Waals surface area contributed by atoms with Gasteiger partial charge in [-0.2, -0.15) is 5.10 Å². The van der Waals surface area contributed by atoms with E-state index in [1.54, 1.807) is 0 Å². The van der Waals surface area contributed by atoms with Crippen molar-refractivity contribution < 1.29 is 5.11 Å². The van der Waals surface area contributed by atoms with Crippen LogP contribution in [-0.2, 0) is 19.5 Å². The SMILES string of the molecule is Cc1nn(CCO)c(C)c1CN[C@@H]1CCc2ccccc21. The molecule has 3 rings (SSSR count). The van der Waals surface area contributed by atoms with Gasteiger partial charge in [-0.3, -0.25) is 4.68 Å². The summed E-state index contributed by atoms with van der Waals surface area (Å²) in [4.78, 5) is 0. The second kappa shape index (κ2) is 6.00. The number of nitrogens with zero attached hydrogens (tertiary/aromatic N) is 2. The Hall–Kier alpha value is -1.65. The normalized spacial score (nSPS) is 17.2. The molecule has 2 aromatic rings. The van der Waals surface area contributed by atoms with Gasteiger partial charge < -0.3 is 10.4 Å². The van der Waals surface area contributed by atoms with Crippen molar-refractivity contribution in [1.29, 1.82) is 0 Å². The highest BCUT2D eigenvalue weighted by Gasteiger charge is 2.22. The van der Waals surface area contributed by atoms with Crippen molar-refractivity contribution in [2.45, 2.75) is 45.8 Å². The molecule has 0 unspecified atom stereocenters. The average Bonchev–Trinajstić information content (AvgIpc) is 3.00. The molecule has 0 radical (unpaired) electrons. The number of benzene rings is 1. The number of hydrogen-bond donors (Lipinski definition) is 2. The molecule has 1 atom stereocenters. The Morgan fingerprint density at radius 2 is 2.14 bits per heavy atom. The number of aromatic nitrogens is 2. The molecule has 2 N–H and O–H groups in total. The van der Waals surface area contributed by atoms with E-state index >= 15 is 0 Å². The van der Waals surface area contributed by atoms with Crippen LogP contribution >= 0.6 is 0 Å². The number of fused-ring (bicyclic) bond motifs is 1.